The largest absolute Gasteiger partial charge is 0.441 e. The van der Waals surface area contributed by atoms with E-state index in [4.69, 9.17) is 4.74 Å². The molecule has 1 unspecified atom stereocenters. The fraction of sp³-hybridized carbons (Fsp3) is 0.200. The summed E-state index contributed by atoms with van der Waals surface area (Å²) in [5.74, 6) is -0.855. The number of rotatable bonds is 3. The van der Waals surface area contributed by atoms with Gasteiger partial charge < -0.3 is 4.74 Å². The Kier molecular flexibility index (Phi) is 3.01. The van der Waals surface area contributed by atoms with Gasteiger partial charge in [-0.1, -0.05) is 12.1 Å². The first-order chi connectivity index (χ1) is 8.00. The average molecular weight is 259 g/mol. The number of nitrogens with zero attached hydrogens (tertiary/aromatic N) is 1. The number of ether oxygens (including phenoxy) is 1. The highest BCUT2D eigenvalue weighted by molar-refractivity contribution is 8.03. The van der Waals surface area contributed by atoms with E-state index in [1.54, 1.807) is 0 Å². The highest BCUT2D eigenvalue weighted by Crippen LogP contribution is 2.45. The first-order valence-corrected chi connectivity index (χ1v) is 5.52. The van der Waals surface area contributed by atoms with Gasteiger partial charge in [0, 0.05) is 11.5 Å². The Morgan fingerprint density at radius 1 is 1.47 bits per heavy atom. The van der Waals surface area contributed by atoms with Gasteiger partial charge in [-0.3, -0.25) is 10.1 Å². The van der Waals surface area contributed by atoms with Crippen LogP contribution in [0.3, 0.4) is 0 Å². The maximum atomic E-state index is 13.9. The van der Waals surface area contributed by atoms with Crippen molar-refractivity contribution in [2.75, 3.05) is 0 Å². The van der Waals surface area contributed by atoms with Crippen molar-refractivity contribution in [3.63, 3.8) is 0 Å². The zero-order valence-corrected chi connectivity index (χ0v) is 9.25. The van der Waals surface area contributed by atoms with E-state index in [-0.39, 0.29) is 11.4 Å². The third-order valence-electron chi connectivity index (χ3n) is 2.07. The monoisotopic (exact) mass is 259 g/mol. The summed E-state index contributed by atoms with van der Waals surface area (Å²) in [6.45, 7) is 0. The van der Waals surface area contributed by atoms with Crippen LogP contribution in [0.25, 0.3) is 0 Å². The van der Waals surface area contributed by atoms with Crippen LogP contribution >= 0.6 is 11.8 Å². The second-order valence-corrected chi connectivity index (χ2v) is 4.43. The van der Waals surface area contributed by atoms with Crippen LogP contribution in [0.2, 0.25) is 0 Å². The number of thioether (sulfide) groups is 1. The third-order valence-corrected chi connectivity index (χ3v) is 3.02. The van der Waals surface area contributed by atoms with Gasteiger partial charge in [0.05, 0.1) is 11.3 Å². The summed E-state index contributed by atoms with van der Waals surface area (Å²) in [4.78, 5) is 9.99. The van der Waals surface area contributed by atoms with Crippen LogP contribution in [0.5, 0.6) is 5.75 Å². The molecule has 1 aromatic rings. The fourth-order valence-electron chi connectivity index (χ4n) is 1.36. The zero-order chi connectivity index (χ0) is 12.5. The molecule has 0 aromatic heterocycles. The second-order valence-electron chi connectivity index (χ2n) is 3.35. The predicted molar refractivity (Wildman–Crippen MR) is 59.0 cm³/mol. The molecule has 0 spiro atoms. The number of halogens is 2. The van der Waals surface area contributed by atoms with Crippen LogP contribution in [0.1, 0.15) is 6.42 Å². The normalized spacial score (nSPS) is 23.3. The van der Waals surface area contributed by atoms with Gasteiger partial charge in [0.15, 0.2) is 0 Å². The molecule has 1 heterocycles. The van der Waals surface area contributed by atoms with Crippen LogP contribution < -0.4 is 4.74 Å². The van der Waals surface area contributed by atoms with Gasteiger partial charge >= 0.3 is 10.9 Å². The van der Waals surface area contributed by atoms with Crippen molar-refractivity contribution in [3.8, 4) is 5.75 Å². The Labute approximate surface area is 99.4 Å². The molecule has 0 radical (unpaired) electrons. The number of nitro groups is 1. The number of hydrogen-bond donors (Lipinski definition) is 0. The fourth-order valence-corrected chi connectivity index (χ4v) is 2.10. The maximum absolute atomic E-state index is 13.9. The lowest BCUT2D eigenvalue weighted by molar-refractivity contribution is -0.386. The van der Waals surface area contributed by atoms with Gasteiger partial charge in [-0.15, -0.1) is 0 Å². The van der Waals surface area contributed by atoms with Crippen LogP contribution in [-0.2, 0) is 0 Å². The Hall–Kier alpha value is -1.63. The van der Waals surface area contributed by atoms with Crippen molar-refractivity contribution >= 4 is 17.4 Å². The van der Waals surface area contributed by atoms with E-state index < -0.39 is 22.4 Å². The molecular weight excluding hydrogens is 252 g/mol. The van der Waals surface area contributed by atoms with E-state index in [0.717, 1.165) is 5.41 Å². The molecule has 0 aliphatic carbocycles. The molecule has 1 aliphatic rings. The standard InChI is InChI=1S/C10H7F2NO3S/c11-7-5-10(12,17-6-7)16-9-4-2-1-3-8(9)13(14)15/h1-4,6H,5H2. The summed E-state index contributed by atoms with van der Waals surface area (Å²) >= 11 is 0.520. The lowest BCUT2D eigenvalue weighted by atomic mass is 10.3. The summed E-state index contributed by atoms with van der Waals surface area (Å²) < 4.78 is 31.6. The van der Waals surface area contributed by atoms with Crippen molar-refractivity contribution < 1.29 is 18.4 Å². The lowest BCUT2D eigenvalue weighted by Gasteiger charge is -2.19. The van der Waals surface area contributed by atoms with E-state index in [1.807, 2.05) is 0 Å². The molecule has 1 aromatic carbocycles. The minimum Gasteiger partial charge on any atom is -0.441 e. The van der Waals surface area contributed by atoms with Gasteiger partial charge in [-0.25, -0.2) is 4.39 Å². The SMILES string of the molecule is O=[N+]([O-])c1ccccc1OC1(F)CC(F)=CS1. The first kappa shape index (κ1) is 11.8. The molecule has 1 aliphatic heterocycles. The van der Waals surface area contributed by atoms with Crippen molar-refractivity contribution in [2.24, 2.45) is 0 Å². The number of alkyl halides is 1. The van der Waals surface area contributed by atoms with E-state index in [0.29, 0.717) is 11.8 Å². The molecule has 0 bridgehead atoms. The highest BCUT2D eigenvalue weighted by Gasteiger charge is 2.40. The van der Waals surface area contributed by atoms with Crippen molar-refractivity contribution in [1.82, 2.24) is 0 Å². The predicted octanol–water partition coefficient (Wildman–Crippen LogP) is 3.54. The minimum atomic E-state index is -2.31. The molecule has 1 atom stereocenters. The average Bonchev–Trinajstić information content (AvgIpc) is 2.59. The number of hydrogen-bond acceptors (Lipinski definition) is 4. The number of nitro benzene ring substituents is 1. The molecular formula is C10H7F2NO3S. The zero-order valence-electron chi connectivity index (χ0n) is 8.43. The molecule has 90 valence electrons. The van der Waals surface area contributed by atoms with Crippen LogP contribution in [0, 0.1) is 10.1 Å². The summed E-state index contributed by atoms with van der Waals surface area (Å²) in [6.07, 6.45) is -0.552. The Morgan fingerprint density at radius 2 is 2.18 bits per heavy atom. The lowest BCUT2D eigenvalue weighted by Crippen LogP contribution is -2.23. The summed E-state index contributed by atoms with van der Waals surface area (Å²) in [5.41, 5.74) is -0.350. The van der Waals surface area contributed by atoms with Gasteiger partial charge in [0.1, 0.15) is 5.83 Å². The van der Waals surface area contributed by atoms with Crippen molar-refractivity contribution in [3.05, 3.63) is 45.6 Å². The Balaban J connectivity index is 2.22. The number of benzene rings is 1. The Morgan fingerprint density at radius 3 is 2.76 bits per heavy atom. The molecule has 0 amide bonds. The molecule has 0 N–H and O–H groups in total. The molecule has 0 saturated carbocycles. The maximum Gasteiger partial charge on any atom is 0.311 e. The Bertz CT molecular complexity index is 494. The third kappa shape index (κ3) is 2.55. The van der Waals surface area contributed by atoms with Crippen LogP contribution in [-0.4, -0.2) is 10.1 Å². The summed E-state index contributed by atoms with van der Waals surface area (Å²) in [5, 5.41) is 9.36. The molecule has 17 heavy (non-hydrogen) atoms. The topological polar surface area (TPSA) is 52.4 Å². The van der Waals surface area contributed by atoms with Gasteiger partial charge in [0.2, 0.25) is 5.75 Å². The van der Waals surface area contributed by atoms with E-state index in [1.165, 1.54) is 24.3 Å². The molecule has 0 fully saturated rings. The van der Waals surface area contributed by atoms with Gasteiger partial charge in [-0.05, 0) is 17.8 Å². The quantitative estimate of drug-likeness (QED) is 0.615. The summed E-state index contributed by atoms with van der Waals surface area (Å²) in [7, 11) is 0. The van der Waals surface area contributed by atoms with Crippen LogP contribution in [0.15, 0.2) is 35.5 Å². The van der Waals surface area contributed by atoms with Crippen molar-refractivity contribution in [2.45, 2.75) is 11.6 Å². The van der Waals surface area contributed by atoms with E-state index >= 15 is 0 Å². The second kappa shape index (κ2) is 4.33. The van der Waals surface area contributed by atoms with Gasteiger partial charge in [-0.2, -0.15) is 4.39 Å². The van der Waals surface area contributed by atoms with E-state index in [9.17, 15) is 18.9 Å². The molecule has 2 rings (SSSR count). The van der Waals surface area contributed by atoms with Gasteiger partial charge in [0.25, 0.3) is 0 Å². The van der Waals surface area contributed by atoms with Crippen LogP contribution in [0.4, 0.5) is 14.5 Å². The molecule has 0 saturated heterocycles. The van der Waals surface area contributed by atoms with Crippen molar-refractivity contribution in [1.29, 1.82) is 0 Å². The highest BCUT2D eigenvalue weighted by atomic mass is 32.2. The molecule has 7 heteroatoms. The minimum absolute atomic E-state index is 0.212. The first-order valence-electron chi connectivity index (χ1n) is 4.64. The summed E-state index contributed by atoms with van der Waals surface area (Å²) in [6, 6.07) is 5.39. The number of para-hydroxylation sites is 2. The smallest absolute Gasteiger partial charge is 0.311 e. The van der Waals surface area contributed by atoms with E-state index in [2.05, 4.69) is 0 Å². The molecule has 4 nitrogen and oxygen atoms in total.